The number of pyridine rings is 1. The second-order valence-corrected chi connectivity index (χ2v) is 11.7. The summed E-state index contributed by atoms with van der Waals surface area (Å²) in [5.41, 5.74) is -4.53. The fraction of sp³-hybridized carbons (Fsp3) is 0.379. The summed E-state index contributed by atoms with van der Waals surface area (Å²) in [6.45, 7) is 2.37. The van der Waals surface area contributed by atoms with Crippen LogP contribution < -0.4 is 9.80 Å². The Morgan fingerprint density at radius 1 is 0.977 bits per heavy atom. The Kier molecular flexibility index (Phi) is 9.01. The van der Waals surface area contributed by atoms with E-state index in [0.29, 0.717) is 40.5 Å². The molecule has 1 aliphatic rings. The Bertz CT molecular complexity index is 1500. The molecule has 2 N–H and O–H groups in total. The molecule has 0 unspecified atom stereocenters. The number of carbonyl (C=O) groups excluding carboxylic acids is 1. The number of halogens is 8. The van der Waals surface area contributed by atoms with E-state index in [1.165, 1.54) is 33.2 Å². The standard InChI is InChI=1S/C29H27Cl2F6N3O3/c1-27(2,15-6-16(28(32,33)34)8-17(7-15)29(35,36)37)26(43)39(3)24-12-38-25(40-13-20(42)10-19(40)14-41)11-22(24)21-5-4-18(30)9-23(21)31/h4-9,11-12,19-20,41-42H,10,13-14H2,1-3H3/t19-,20+/m0/s1. The Balaban J connectivity index is 1.84. The zero-order valence-electron chi connectivity index (χ0n) is 23.1. The van der Waals surface area contributed by atoms with Crippen molar-refractivity contribution < 1.29 is 41.4 Å². The molecule has 6 nitrogen and oxygen atoms in total. The van der Waals surface area contributed by atoms with Gasteiger partial charge in [0.15, 0.2) is 0 Å². The van der Waals surface area contributed by atoms with Gasteiger partial charge in [-0.2, -0.15) is 26.3 Å². The molecule has 0 bridgehead atoms. The lowest BCUT2D eigenvalue weighted by atomic mass is 9.81. The van der Waals surface area contributed by atoms with Gasteiger partial charge >= 0.3 is 12.4 Å². The van der Waals surface area contributed by atoms with E-state index in [4.69, 9.17) is 23.2 Å². The van der Waals surface area contributed by atoms with Gasteiger partial charge in [0, 0.05) is 34.8 Å². The molecular weight excluding hydrogens is 623 g/mol. The van der Waals surface area contributed by atoms with Crippen LogP contribution >= 0.6 is 23.2 Å². The average Bonchev–Trinajstić information content (AvgIpc) is 3.31. The number of β-amino-alcohol motifs (C(OH)–C–C–N with tert-alkyl or cyclic N) is 1. The number of amides is 1. The van der Waals surface area contributed by atoms with Crippen molar-refractivity contribution in [3.05, 3.63) is 75.4 Å². The van der Waals surface area contributed by atoms with Crippen molar-refractivity contribution in [3.8, 4) is 11.1 Å². The Morgan fingerprint density at radius 3 is 2.09 bits per heavy atom. The van der Waals surface area contributed by atoms with E-state index in [-0.39, 0.29) is 29.9 Å². The van der Waals surface area contributed by atoms with Gasteiger partial charge in [0.1, 0.15) is 5.82 Å². The number of aliphatic hydroxyl groups is 2. The molecule has 1 fully saturated rings. The lowest BCUT2D eigenvalue weighted by molar-refractivity contribution is -0.143. The van der Waals surface area contributed by atoms with Crippen LogP contribution in [-0.4, -0.2) is 53.4 Å². The number of hydrogen-bond acceptors (Lipinski definition) is 5. The molecule has 4 rings (SSSR count). The fourth-order valence-electron chi connectivity index (χ4n) is 5.10. The molecule has 2 aromatic carbocycles. The van der Waals surface area contributed by atoms with E-state index in [2.05, 4.69) is 4.98 Å². The first-order chi connectivity index (χ1) is 19.8. The smallest absolute Gasteiger partial charge is 0.394 e. The molecule has 1 saturated heterocycles. The van der Waals surface area contributed by atoms with Crippen molar-refractivity contribution in [2.24, 2.45) is 0 Å². The minimum Gasteiger partial charge on any atom is -0.394 e. The third-order valence-electron chi connectivity index (χ3n) is 7.50. The van der Waals surface area contributed by atoms with Gasteiger partial charge in [0.2, 0.25) is 5.91 Å². The van der Waals surface area contributed by atoms with Gasteiger partial charge < -0.3 is 20.0 Å². The topological polar surface area (TPSA) is 76.9 Å². The first-order valence-electron chi connectivity index (χ1n) is 12.9. The molecule has 43 heavy (non-hydrogen) atoms. The van der Waals surface area contributed by atoms with E-state index >= 15 is 0 Å². The number of carbonyl (C=O) groups is 1. The van der Waals surface area contributed by atoms with E-state index in [1.807, 2.05) is 0 Å². The fourth-order valence-corrected chi connectivity index (χ4v) is 5.61. The first kappa shape index (κ1) is 32.8. The number of rotatable bonds is 6. The number of anilines is 2. The van der Waals surface area contributed by atoms with E-state index in [9.17, 15) is 41.4 Å². The van der Waals surface area contributed by atoms with Crippen LogP contribution in [0, 0.1) is 0 Å². The molecule has 14 heteroatoms. The van der Waals surface area contributed by atoms with Crippen LogP contribution in [0.3, 0.4) is 0 Å². The molecule has 0 spiro atoms. The number of likely N-dealkylation sites (N-methyl/N-ethyl adjacent to an activating group) is 1. The van der Waals surface area contributed by atoms with Gasteiger partial charge in [-0.3, -0.25) is 4.79 Å². The van der Waals surface area contributed by atoms with Gasteiger partial charge in [-0.25, -0.2) is 4.98 Å². The molecule has 2 atom stereocenters. The van der Waals surface area contributed by atoms with Crippen molar-refractivity contribution >= 4 is 40.6 Å². The summed E-state index contributed by atoms with van der Waals surface area (Å²) < 4.78 is 81.4. The molecular formula is C29H27Cl2F6N3O3. The van der Waals surface area contributed by atoms with Crippen LogP contribution in [-0.2, 0) is 22.6 Å². The molecule has 2 heterocycles. The van der Waals surface area contributed by atoms with Crippen LogP contribution in [0.1, 0.15) is 37.0 Å². The predicted octanol–water partition coefficient (Wildman–Crippen LogP) is 6.97. The summed E-state index contributed by atoms with van der Waals surface area (Å²) in [6, 6.07) is 6.81. The number of aromatic nitrogens is 1. The Hall–Kier alpha value is -3.06. The molecule has 3 aromatic rings. The maximum absolute atomic E-state index is 13.9. The molecule has 232 valence electrons. The minimum atomic E-state index is -5.09. The highest BCUT2D eigenvalue weighted by atomic mass is 35.5. The zero-order valence-corrected chi connectivity index (χ0v) is 24.6. The van der Waals surface area contributed by atoms with E-state index in [0.717, 1.165) is 4.90 Å². The molecule has 0 saturated carbocycles. The second-order valence-electron chi connectivity index (χ2n) is 10.8. The lowest BCUT2D eigenvalue weighted by Gasteiger charge is -2.32. The Morgan fingerprint density at radius 2 is 1.56 bits per heavy atom. The van der Waals surface area contributed by atoms with E-state index in [1.54, 1.807) is 23.1 Å². The summed E-state index contributed by atoms with van der Waals surface area (Å²) in [7, 11) is 1.32. The van der Waals surface area contributed by atoms with Crippen molar-refractivity contribution in [1.29, 1.82) is 0 Å². The summed E-state index contributed by atoms with van der Waals surface area (Å²) in [5.74, 6) is -0.487. The maximum Gasteiger partial charge on any atom is 0.416 e. The van der Waals surface area contributed by atoms with Crippen molar-refractivity contribution in [2.75, 3.05) is 30.0 Å². The van der Waals surface area contributed by atoms with Crippen LogP contribution in [0.4, 0.5) is 37.8 Å². The first-order valence-corrected chi connectivity index (χ1v) is 13.7. The van der Waals surface area contributed by atoms with Crippen LogP contribution in [0.5, 0.6) is 0 Å². The minimum absolute atomic E-state index is 0.00594. The lowest BCUT2D eigenvalue weighted by Crippen LogP contribution is -2.42. The number of hydrogen-bond donors (Lipinski definition) is 2. The largest absolute Gasteiger partial charge is 0.416 e. The second kappa shape index (κ2) is 11.8. The highest BCUT2D eigenvalue weighted by Crippen LogP contribution is 2.42. The van der Waals surface area contributed by atoms with Crippen LogP contribution in [0.15, 0.2) is 48.7 Å². The van der Waals surface area contributed by atoms with Crippen molar-refractivity contribution in [3.63, 3.8) is 0 Å². The summed E-state index contributed by atoms with van der Waals surface area (Å²) in [4.78, 5) is 21.1. The van der Waals surface area contributed by atoms with Gasteiger partial charge in [-0.05, 0) is 62.2 Å². The maximum atomic E-state index is 13.9. The highest BCUT2D eigenvalue weighted by molar-refractivity contribution is 6.36. The Labute approximate surface area is 253 Å². The van der Waals surface area contributed by atoms with Gasteiger partial charge in [-0.1, -0.05) is 29.3 Å². The normalized spacial score (nSPS) is 17.8. The number of nitrogens with zero attached hydrogens (tertiary/aromatic N) is 3. The summed E-state index contributed by atoms with van der Waals surface area (Å²) in [6.07, 6.45) is -9.29. The molecule has 1 amide bonds. The SMILES string of the molecule is CN(C(=O)C(C)(C)c1cc(C(F)(F)F)cc(C(F)(F)F)c1)c1cnc(N2C[C@H](O)C[C@H]2CO)cc1-c1ccc(Cl)cc1Cl. The molecule has 1 aliphatic heterocycles. The molecule has 1 aromatic heterocycles. The van der Waals surface area contributed by atoms with Crippen LogP contribution in [0.25, 0.3) is 11.1 Å². The van der Waals surface area contributed by atoms with Crippen molar-refractivity contribution in [2.45, 2.75) is 50.2 Å². The number of alkyl halides is 6. The zero-order chi connectivity index (χ0) is 32.1. The third kappa shape index (κ3) is 6.72. The quantitative estimate of drug-likeness (QED) is 0.282. The highest BCUT2D eigenvalue weighted by Gasteiger charge is 2.41. The monoisotopic (exact) mass is 649 g/mol. The predicted molar refractivity (Wildman–Crippen MR) is 151 cm³/mol. The average molecular weight is 650 g/mol. The summed E-state index contributed by atoms with van der Waals surface area (Å²) >= 11 is 12.6. The molecule has 0 aliphatic carbocycles. The van der Waals surface area contributed by atoms with Crippen molar-refractivity contribution in [1.82, 2.24) is 4.98 Å². The van der Waals surface area contributed by atoms with Crippen LogP contribution in [0.2, 0.25) is 10.0 Å². The van der Waals surface area contributed by atoms with Gasteiger partial charge in [0.05, 0.1) is 47.2 Å². The van der Waals surface area contributed by atoms with E-state index < -0.39 is 52.5 Å². The van der Waals surface area contributed by atoms with Gasteiger partial charge in [0.25, 0.3) is 0 Å². The summed E-state index contributed by atoms with van der Waals surface area (Å²) in [5, 5.41) is 20.5. The third-order valence-corrected chi connectivity index (χ3v) is 8.05. The van der Waals surface area contributed by atoms with Gasteiger partial charge in [-0.15, -0.1) is 0 Å². The number of aliphatic hydroxyl groups excluding tert-OH is 2. The number of benzene rings is 2. The molecule has 0 radical (unpaired) electrons.